The van der Waals surface area contributed by atoms with E-state index in [1.165, 1.54) is 18.9 Å². The maximum atomic E-state index is 11.7. The summed E-state index contributed by atoms with van der Waals surface area (Å²) in [5.74, 6) is -0.605. The first-order chi connectivity index (χ1) is 9.65. The summed E-state index contributed by atoms with van der Waals surface area (Å²) in [5, 5.41) is 7.46. The number of aromatic nitrogens is 3. The Bertz CT molecular complexity index is 722. The van der Waals surface area contributed by atoms with Crippen LogP contribution in [0.25, 0.3) is 5.69 Å². The minimum Gasteiger partial charge on any atom is -0.497 e. The van der Waals surface area contributed by atoms with E-state index in [2.05, 4.69) is 15.0 Å². The predicted molar refractivity (Wildman–Crippen MR) is 64.2 cm³/mol. The van der Waals surface area contributed by atoms with Crippen molar-refractivity contribution in [2.75, 3.05) is 14.2 Å². The van der Waals surface area contributed by atoms with Crippen molar-refractivity contribution in [1.82, 2.24) is 15.0 Å². The van der Waals surface area contributed by atoms with Gasteiger partial charge >= 0.3 is 11.9 Å². The van der Waals surface area contributed by atoms with Crippen molar-refractivity contribution in [3.05, 3.63) is 29.6 Å². The molecule has 0 spiro atoms. The van der Waals surface area contributed by atoms with Crippen LogP contribution in [-0.4, -0.2) is 41.2 Å². The minimum atomic E-state index is -0.807. The molecule has 2 aromatic rings. The van der Waals surface area contributed by atoms with E-state index in [9.17, 15) is 9.59 Å². The molecule has 0 amide bonds. The van der Waals surface area contributed by atoms with Crippen LogP contribution in [0.4, 0.5) is 0 Å². The van der Waals surface area contributed by atoms with E-state index in [0.29, 0.717) is 17.2 Å². The molecule has 1 aliphatic heterocycles. The van der Waals surface area contributed by atoms with Crippen molar-refractivity contribution in [1.29, 1.82) is 0 Å². The summed E-state index contributed by atoms with van der Waals surface area (Å²) >= 11 is 0. The number of cyclic esters (lactones) is 2. The SMILES string of the molecule is COc1ccc(OC)c(-n2nnc3c2C(=O)OC3=O)c1. The molecule has 8 heteroatoms. The van der Waals surface area contributed by atoms with E-state index in [1.54, 1.807) is 18.2 Å². The van der Waals surface area contributed by atoms with E-state index >= 15 is 0 Å². The van der Waals surface area contributed by atoms with E-state index in [-0.39, 0.29) is 11.4 Å². The number of benzene rings is 1. The molecule has 0 bridgehead atoms. The zero-order valence-electron chi connectivity index (χ0n) is 10.6. The Labute approximate surface area is 112 Å². The summed E-state index contributed by atoms with van der Waals surface area (Å²) in [6, 6.07) is 4.97. The molecule has 1 aromatic carbocycles. The van der Waals surface area contributed by atoms with Crippen LogP contribution in [0.2, 0.25) is 0 Å². The van der Waals surface area contributed by atoms with Gasteiger partial charge in [0.1, 0.15) is 17.2 Å². The number of rotatable bonds is 3. The summed E-state index contributed by atoms with van der Waals surface area (Å²) in [6.45, 7) is 0. The van der Waals surface area contributed by atoms with Crippen molar-refractivity contribution in [3.63, 3.8) is 0 Å². The van der Waals surface area contributed by atoms with Crippen LogP contribution in [0, 0.1) is 0 Å². The molecule has 0 unspecified atom stereocenters. The molecule has 2 heterocycles. The molecule has 0 radical (unpaired) electrons. The van der Waals surface area contributed by atoms with Gasteiger partial charge in [-0.3, -0.25) is 0 Å². The van der Waals surface area contributed by atoms with Crippen LogP contribution >= 0.6 is 0 Å². The molecule has 1 aromatic heterocycles. The lowest BCUT2D eigenvalue weighted by Gasteiger charge is -2.10. The van der Waals surface area contributed by atoms with Crippen LogP contribution in [-0.2, 0) is 4.74 Å². The molecule has 102 valence electrons. The van der Waals surface area contributed by atoms with Gasteiger partial charge in [-0.1, -0.05) is 5.21 Å². The van der Waals surface area contributed by atoms with Gasteiger partial charge in [-0.15, -0.1) is 5.10 Å². The van der Waals surface area contributed by atoms with E-state index in [4.69, 9.17) is 9.47 Å². The molecule has 0 fully saturated rings. The Kier molecular flexibility index (Phi) is 2.63. The van der Waals surface area contributed by atoms with Gasteiger partial charge in [-0.2, -0.15) is 0 Å². The van der Waals surface area contributed by atoms with Crippen molar-refractivity contribution in [2.24, 2.45) is 0 Å². The predicted octanol–water partition coefficient (Wildman–Crippen LogP) is 0.595. The van der Waals surface area contributed by atoms with Crippen LogP contribution in [0.1, 0.15) is 21.0 Å². The highest BCUT2D eigenvalue weighted by atomic mass is 16.6. The second kappa shape index (κ2) is 4.34. The van der Waals surface area contributed by atoms with Gasteiger partial charge in [0, 0.05) is 6.07 Å². The number of esters is 2. The molecule has 0 N–H and O–H groups in total. The van der Waals surface area contributed by atoms with Gasteiger partial charge in [-0.05, 0) is 12.1 Å². The summed E-state index contributed by atoms with van der Waals surface area (Å²) in [7, 11) is 2.99. The summed E-state index contributed by atoms with van der Waals surface area (Å²) in [4.78, 5) is 23.1. The molecular weight excluding hydrogens is 266 g/mol. The first-order valence-electron chi connectivity index (χ1n) is 5.60. The first kappa shape index (κ1) is 12.2. The lowest BCUT2D eigenvalue weighted by atomic mass is 10.2. The summed E-state index contributed by atoms with van der Waals surface area (Å²) in [6.07, 6.45) is 0. The van der Waals surface area contributed by atoms with E-state index in [0.717, 1.165) is 0 Å². The fraction of sp³-hybridized carbons (Fsp3) is 0.167. The normalized spacial score (nSPS) is 13.1. The number of hydrogen-bond acceptors (Lipinski definition) is 7. The molecule has 0 saturated heterocycles. The monoisotopic (exact) mass is 275 g/mol. The van der Waals surface area contributed by atoms with Crippen molar-refractivity contribution in [3.8, 4) is 17.2 Å². The molecule has 3 rings (SSSR count). The van der Waals surface area contributed by atoms with Crippen LogP contribution in [0.5, 0.6) is 11.5 Å². The lowest BCUT2D eigenvalue weighted by molar-refractivity contribution is 0.0434. The number of fused-ring (bicyclic) bond motifs is 1. The van der Waals surface area contributed by atoms with Gasteiger partial charge in [0.2, 0.25) is 5.69 Å². The Morgan fingerprint density at radius 1 is 1.15 bits per heavy atom. The van der Waals surface area contributed by atoms with Crippen molar-refractivity contribution in [2.45, 2.75) is 0 Å². The molecular formula is C12H9N3O5. The summed E-state index contributed by atoms with van der Waals surface area (Å²) < 4.78 is 16.0. The fourth-order valence-electron chi connectivity index (χ4n) is 1.91. The van der Waals surface area contributed by atoms with Crippen LogP contribution < -0.4 is 9.47 Å². The number of carbonyl (C=O) groups excluding carboxylic acids is 2. The number of nitrogens with zero attached hydrogens (tertiary/aromatic N) is 3. The summed E-state index contributed by atoms with van der Waals surface area (Å²) in [5.41, 5.74) is 0.286. The quantitative estimate of drug-likeness (QED) is 0.598. The smallest absolute Gasteiger partial charge is 0.369 e. The van der Waals surface area contributed by atoms with E-state index < -0.39 is 11.9 Å². The van der Waals surface area contributed by atoms with Gasteiger partial charge in [0.15, 0.2) is 5.69 Å². The number of methoxy groups -OCH3 is 2. The zero-order chi connectivity index (χ0) is 14.3. The van der Waals surface area contributed by atoms with E-state index in [1.807, 2.05) is 0 Å². The number of ether oxygens (including phenoxy) is 3. The van der Waals surface area contributed by atoms with Crippen LogP contribution in [0.3, 0.4) is 0 Å². The van der Waals surface area contributed by atoms with Crippen LogP contribution in [0.15, 0.2) is 18.2 Å². The Morgan fingerprint density at radius 3 is 2.65 bits per heavy atom. The third-order valence-electron chi connectivity index (χ3n) is 2.86. The average molecular weight is 275 g/mol. The van der Waals surface area contributed by atoms with Gasteiger partial charge in [-0.25, -0.2) is 14.3 Å². The second-order valence-corrected chi connectivity index (χ2v) is 3.91. The van der Waals surface area contributed by atoms with Gasteiger partial charge < -0.3 is 14.2 Å². The highest BCUT2D eigenvalue weighted by Gasteiger charge is 2.37. The highest BCUT2D eigenvalue weighted by molar-refractivity contribution is 6.12. The maximum Gasteiger partial charge on any atom is 0.369 e. The number of hydrogen-bond donors (Lipinski definition) is 0. The Hall–Kier alpha value is -2.90. The van der Waals surface area contributed by atoms with Crippen molar-refractivity contribution < 1.29 is 23.8 Å². The van der Waals surface area contributed by atoms with Crippen molar-refractivity contribution >= 4 is 11.9 Å². The standard InChI is InChI=1S/C12H9N3O5/c1-18-6-3-4-8(19-2)7(5-6)15-10-9(13-14-15)11(16)20-12(10)17/h3-5H,1-2H3. The molecule has 8 nitrogen and oxygen atoms in total. The third-order valence-corrected chi connectivity index (χ3v) is 2.86. The minimum absolute atomic E-state index is 0.0263. The molecule has 0 saturated carbocycles. The van der Waals surface area contributed by atoms with Gasteiger partial charge in [0.25, 0.3) is 0 Å². The average Bonchev–Trinajstić information content (AvgIpc) is 3.01. The maximum absolute atomic E-state index is 11.7. The fourth-order valence-corrected chi connectivity index (χ4v) is 1.91. The largest absolute Gasteiger partial charge is 0.497 e. The highest BCUT2D eigenvalue weighted by Crippen LogP contribution is 2.30. The molecule has 0 aliphatic carbocycles. The zero-order valence-corrected chi connectivity index (χ0v) is 10.6. The first-order valence-corrected chi connectivity index (χ1v) is 5.60. The third kappa shape index (κ3) is 1.62. The number of carbonyl (C=O) groups is 2. The second-order valence-electron chi connectivity index (χ2n) is 3.91. The molecule has 1 aliphatic rings. The Morgan fingerprint density at radius 2 is 1.95 bits per heavy atom. The van der Waals surface area contributed by atoms with Gasteiger partial charge in [0.05, 0.1) is 14.2 Å². The topological polar surface area (TPSA) is 92.5 Å². The Balaban J connectivity index is 2.22. The molecule has 0 atom stereocenters. The lowest BCUT2D eigenvalue weighted by Crippen LogP contribution is -2.09. The molecule has 20 heavy (non-hydrogen) atoms.